The van der Waals surface area contributed by atoms with Gasteiger partial charge in [-0.25, -0.2) is 9.97 Å². The van der Waals surface area contributed by atoms with Gasteiger partial charge in [-0.05, 0) is 24.6 Å². The fraction of sp³-hybridized carbons (Fsp3) is 0.190. The van der Waals surface area contributed by atoms with E-state index in [9.17, 15) is 0 Å². The van der Waals surface area contributed by atoms with E-state index in [2.05, 4.69) is 34.7 Å². The molecule has 1 aromatic carbocycles. The highest BCUT2D eigenvalue weighted by Crippen LogP contribution is 2.38. The van der Waals surface area contributed by atoms with Crippen LogP contribution in [0.2, 0.25) is 0 Å². The second kappa shape index (κ2) is 7.82. The first-order valence-electron chi connectivity index (χ1n) is 8.77. The van der Waals surface area contributed by atoms with Gasteiger partial charge in [0.05, 0.1) is 12.0 Å². The molecule has 6 heteroatoms. The average molecular weight is 376 g/mol. The Bertz CT molecular complexity index is 1030. The van der Waals surface area contributed by atoms with Gasteiger partial charge in [0.1, 0.15) is 10.6 Å². The molecule has 0 aliphatic carbocycles. The Hall–Kier alpha value is -2.83. The average Bonchev–Trinajstić information content (AvgIpc) is 3.14. The summed E-state index contributed by atoms with van der Waals surface area (Å²) < 4.78 is 5.29. The van der Waals surface area contributed by atoms with E-state index in [0.717, 1.165) is 32.7 Å². The summed E-state index contributed by atoms with van der Waals surface area (Å²) in [5.74, 6) is 1.49. The summed E-state index contributed by atoms with van der Waals surface area (Å²) in [6, 6.07) is 14.3. The number of nitrogens with one attached hydrogen (secondary N) is 1. The van der Waals surface area contributed by atoms with Gasteiger partial charge < -0.3 is 10.1 Å². The maximum Gasteiger partial charge on any atom is 0.164 e. The molecule has 136 valence electrons. The van der Waals surface area contributed by atoms with Gasteiger partial charge in [-0.2, -0.15) is 0 Å². The Labute approximate surface area is 162 Å². The van der Waals surface area contributed by atoms with Crippen LogP contribution >= 0.6 is 11.3 Å². The summed E-state index contributed by atoms with van der Waals surface area (Å²) in [6.07, 6.45) is 3.54. The number of aromatic nitrogens is 3. The van der Waals surface area contributed by atoms with Crippen LogP contribution in [0.15, 0.2) is 60.2 Å². The highest BCUT2D eigenvalue weighted by atomic mass is 32.1. The predicted octanol–water partition coefficient (Wildman–Crippen LogP) is 4.87. The molecule has 0 amide bonds. The van der Waals surface area contributed by atoms with Crippen LogP contribution in [0.3, 0.4) is 0 Å². The van der Waals surface area contributed by atoms with Crippen molar-refractivity contribution in [2.75, 3.05) is 19.0 Å². The van der Waals surface area contributed by atoms with Gasteiger partial charge in [0.15, 0.2) is 5.82 Å². The lowest BCUT2D eigenvalue weighted by molar-refractivity contribution is 0.190. The highest BCUT2D eigenvalue weighted by molar-refractivity contribution is 7.17. The second-order valence-electron chi connectivity index (χ2n) is 6.33. The van der Waals surface area contributed by atoms with Crippen molar-refractivity contribution < 1.29 is 4.74 Å². The third-order valence-electron chi connectivity index (χ3n) is 4.24. The van der Waals surface area contributed by atoms with E-state index in [4.69, 9.17) is 14.7 Å². The van der Waals surface area contributed by atoms with Gasteiger partial charge in [-0.3, -0.25) is 4.98 Å². The van der Waals surface area contributed by atoms with E-state index in [1.165, 1.54) is 0 Å². The number of fused-ring (bicyclic) bond motifs is 1. The predicted molar refractivity (Wildman–Crippen MR) is 111 cm³/mol. The van der Waals surface area contributed by atoms with E-state index in [1.807, 2.05) is 30.3 Å². The van der Waals surface area contributed by atoms with Crippen molar-refractivity contribution in [3.05, 3.63) is 60.2 Å². The lowest BCUT2D eigenvalue weighted by Crippen LogP contribution is -2.21. The third kappa shape index (κ3) is 3.67. The summed E-state index contributed by atoms with van der Waals surface area (Å²) in [4.78, 5) is 14.8. The third-order valence-corrected chi connectivity index (χ3v) is 5.11. The Kier molecular flexibility index (Phi) is 5.09. The van der Waals surface area contributed by atoms with Crippen molar-refractivity contribution in [1.82, 2.24) is 15.0 Å². The summed E-state index contributed by atoms with van der Waals surface area (Å²) >= 11 is 1.63. The van der Waals surface area contributed by atoms with Crippen LogP contribution in [0.1, 0.15) is 6.92 Å². The first-order valence-corrected chi connectivity index (χ1v) is 9.64. The first-order chi connectivity index (χ1) is 13.3. The molecule has 3 heterocycles. The van der Waals surface area contributed by atoms with E-state index >= 15 is 0 Å². The molecule has 0 fully saturated rings. The number of methoxy groups -OCH3 is 1. The number of hydrogen-bond donors (Lipinski definition) is 1. The number of thiophene rings is 1. The van der Waals surface area contributed by atoms with Crippen LogP contribution in [-0.4, -0.2) is 34.7 Å². The topological polar surface area (TPSA) is 59.9 Å². The van der Waals surface area contributed by atoms with Gasteiger partial charge in [0.25, 0.3) is 0 Å². The molecule has 0 bridgehead atoms. The maximum atomic E-state index is 5.29. The Morgan fingerprint density at radius 3 is 2.63 bits per heavy atom. The molecule has 1 N–H and O–H groups in total. The monoisotopic (exact) mass is 376 g/mol. The Morgan fingerprint density at radius 1 is 1.07 bits per heavy atom. The Balaban J connectivity index is 1.88. The molecule has 4 rings (SSSR count). The minimum atomic E-state index is 0.123. The molecular formula is C21H20N4OS. The molecule has 0 saturated heterocycles. The standard InChI is InChI=1S/C21H20N4OS/c1-14(12-26-2)23-20-18-17(15-7-4-3-5-8-15)13-27-21(18)25-19(24-20)16-9-6-10-22-11-16/h3-11,13-14H,12H2,1-2H3,(H,23,24,25)/t14-/m1/s1. The molecule has 3 aromatic heterocycles. The zero-order valence-electron chi connectivity index (χ0n) is 15.2. The normalized spacial score (nSPS) is 12.2. The van der Waals surface area contributed by atoms with E-state index in [-0.39, 0.29) is 6.04 Å². The molecule has 0 unspecified atom stereocenters. The fourth-order valence-electron chi connectivity index (χ4n) is 3.03. The van der Waals surface area contributed by atoms with Crippen LogP contribution in [0.4, 0.5) is 5.82 Å². The molecule has 0 radical (unpaired) electrons. The zero-order chi connectivity index (χ0) is 18.6. The van der Waals surface area contributed by atoms with Gasteiger partial charge in [-0.1, -0.05) is 30.3 Å². The molecule has 0 spiro atoms. The molecule has 0 aliphatic rings. The highest BCUT2D eigenvalue weighted by Gasteiger charge is 2.17. The number of hydrogen-bond acceptors (Lipinski definition) is 6. The largest absolute Gasteiger partial charge is 0.383 e. The number of rotatable bonds is 6. The van der Waals surface area contributed by atoms with E-state index < -0.39 is 0 Å². The van der Waals surface area contributed by atoms with Gasteiger partial charge in [0.2, 0.25) is 0 Å². The van der Waals surface area contributed by atoms with E-state index in [0.29, 0.717) is 12.4 Å². The number of anilines is 1. The molecule has 0 saturated carbocycles. The summed E-state index contributed by atoms with van der Waals surface area (Å²) in [5, 5.41) is 6.69. The minimum absolute atomic E-state index is 0.123. The molecule has 0 aliphatic heterocycles. The summed E-state index contributed by atoms with van der Waals surface area (Å²) in [5.41, 5.74) is 3.20. The minimum Gasteiger partial charge on any atom is -0.383 e. The van der Waals surface area contributed by atoms with Gasteiger partial charge >= 0.3 is 0 Å². The molecule has 4 aromatic rings. The SMILES string of the molecule is COC[C@@H](C)Nc1nc(-c2cccnc2)nc2scc(-c3ccccc3)c12. The molecule has 27 heavy (non-hydrogen) atoms. The molecule has 1 atom stereocenters. The molecular weight excluding hydrogens is 356 g/mol. The van der Waals surface area contributed by atoms with Crippen LogP contribution < -0.4 is 5.32 Å². The van der Waals surface area contributed by atoms with Crippen molar-refractivity contribution in [2.24, 2.45) is 0 Å². The number of ether oxygens (including phenoxy) is 1. The smallest absolute Gasteiger partial charge is 0.164 e. The van der Waals surface area contributed by atoms with Crippen molar-refractivity contribution in [2.45, 2.75) is 13.0 Å². The quantitative estimate of drug-likeness (QED) is 0.520. The van der Waals surface area contributed by atoms with Gasteiger partial charge in [-0.15, -0.1) is 11.3 Å². The van der Waals surface area contributed by atoms with Crippen LogP contribution in [-0.2, 0) is 4.74 Å². The Morgan fingerprint density at radius 2 is 1.89 bits per heavy atom. The number of benzene rings is 1. The van der Waals surface area contributed by atoms with Crippen molar-refractivity contribution in [3.63, 3.8) is 0 Å². The summed E-state index contributed by atoms with van der Waals surface area (Å²) in [7, 11) is 1.70. The van der Waals surface area contributed by atoms with Crippen molar-refractivity contribution >= 4 is 27.4 Å². The van der Waals surface area contributed by atoms with Crippen LogP contribution in [0, 0.1) is 0 Å². The maximum absolute atomic E-state index is 5.29. The molecule has 5 nitrogen and oxygen atoms in total. The van der Waals surface area contributed by atoms with E-state index in [1.54, 1.807) is 30.8 Å². The zero-order valence-corrected chi connectivity index (χ0v) is 16.0. The fourth-order valence-corrected chi connectivity index (χ4v) is 3.97. The number of nitrogens with zero attached hydrogens (tertiary/aromatic N) is 3. The van der Waals surface area contributed by atoms with Crippen molar-refractivity contribution in [3.8, 4) is 22.5 Å². The second-order valence-corrected chi connectivity index (χ2v) is 7.19. The first kappa shape index (κ1) is 17.6. The number of pyridine rings is 1. The van der Waals surface area contributed by atoms with Crippen LogP contribution in [0.25, 0.3) is 32.7 Å². The lowest BCUT2D eigenvalue weighted by atomic mass is 10.1. The van der Waals surface area contributed by atoms with Gasteiger partial charge in [0, 0.05) is 42.1 Å². The summed E-state index contributed by atoms with van der Waals surface area (Å²) in [6.45, 7) is 2.67. The van der Waals surface area contributed by atoms with Crippen molar-refractivity contribution in [1.29, 1.82) is 0 Å². The lowest BCUT2D eigenvalue weighted by Gasteiger charge is -2.16. The van der Waals surface area contributed by atoms with Crippen LogP contribution in [0.5, 0.6) is 0 Å².